The fourth-order valence-corrected chi connectivity index (χ4v) is 1.92. The Labute approximate surface area is 113 Å². The van der Waals surface area contributed by atoms with Crippen LogP contribution < -0.4 is 5.32 Å². The number of anilines is 1. The molecule has 1 heterocycles. The molecule has 0 aliphatic rings. The number of benzene rings is 1. The normalized spacial score (nSPS) is 10.2. The Bertz CT molecular complexity index is 487. The summed E-state index contributed by atoms with van der Waals surface area (Å²) in [6, 6.07) is 7.23. The quantitative estimate of drug-likeness (QED) is 0.839. The Morgan fingerprint density at radius 2 is 2.00 bits per heavy atom. The van der Waals surface area contributed by atoms with Crippen LogP contribution in [0.3, 0.4) is 0 Å². The van der Waals surface area contributed by atoms with Gasteiger partial charge in [0.25, 0.3) is 0 Å². The monoisotopic (exact) mass is 341 g/mol. The SMILES string of the molecule is Oc1ccc(CCNc2ncncc2I)cc1. The Hall–Kier alpha value is -1.37. The molecule has 2 aromatic rings. The highest BCUT2D eigenvalue weighted by atomic mass is 127. The van der Waals surface area contributed by atoms with Crippen LogP contribution in [-0.4, -0.2) is 21.6 Å². The first-order chi connectivity index (χ1) is 8.25. The predicted molar refractivity (Wildman–Crippen MR) is 75.0 cm³/mol. The summed E-state index contributed by atoms with van der Waals surface area (Å²) in [5, 5.41) is 12.4. The van der Waals surface area contributed by atoms with Crippen molar-refractivity contribution in [3.05, 3.63) is 45.9 Å². The number of rotatable bonds is 4. The van der Waals surface area contributed by atoms with Gasteiger partial charge in [-0.3, -0.25) is 0 Å². The highest BCUT2D eigenvalue weighted by molar-refractivity contribution is 14.1. The summed E-state index contributed by atoms with van der Waals surface area (Å²) in [6.07, 6.45) is 4.20. The van der Waals surface area contributed by atoms with E-state index < -0.39 is 0 Å². The molecule has 0 bridgehead atoms. The van der Waals surface area contributed by atoms with Gasteiger partial charge in [-0.2, -0.15) is 0 Å². The second kappa shape index (κ2) is 5.81. The van der Waals surface area contributed by atoms with Crippen LogP contribution in [0.1, 0.15) is 5.56 Å². The minimum atomic E-state index is 0.298. The first-order valence-electron chi connectivity index (χ1n) is 5.23. The third-order valence-corrected chi connectivity index (χ3v) is 3.10. The van der Waals surface area contributed by atoms with E-state index in [1.165, 1.54) is 11.9 Å². The minimum absolute atomic E-state index is 0.298. The number of hydrogen-bond acceptors (Lipinski definition) is 4. The zero-order chi connectivity index (χ0) is 12.1. The van der Waals surface area contributed by atoms with Crippen LogP contribution in [0, 0.1) is 3.57 Å². The molecular weight excluding hydrogens is 329 g/mol. The molecule has 0 atom stereocenters. The number of aromatic hydroxyl groups is 1. The van der Waals surface area contributed by atoms with Gasteiger partial charge in [0.2, 0.25) is 0 Å². The lowest BCUT2D eigenvalue weighted by atomic mass is 10.1. The van der Waals surface area contributed by atoms with Crippen molar-refractivity contribution in [2.45, 2.75) is 6.42 Å². The van der Waals surface area contributed by atoms with Gasteiger partial charge in [0.05, 0.1) is 3.57 Å². The maximum atomic E-state index is 9.16. The number of phenolic OH excluding ortho intramolecular Hbond substituents is 1. The lowest BCUT2D eigenvalue weighted by Crippen LogP contribution is -2.07. The van der Waals surface area contributed by atoms with Crippen LogP contribution in [-0.2, 0) is 6.42 Å². The molecule has 1 aromatic heterocycles. The fraction of sp³-hybridized carbons (Fsp3) is 0.167. The van der Waals surface area contributed by atoms with Crippen LogP contribution in [0.4, 0.5) is 5.82 Å². The number of hydrogen-bond donors (Lipinski definition) is 2. The molecule has 2 N–H and O–H groups in total. The topological polar surface area (TPSA) is 58.0 Å². The van der Waals surface area contributed by atoms with Gasteiger partial charge in [0.15, 0.2) is 0 Å². The summed E-state index contributed by atoms with van der Waals surface area (Å²) in [7, 11) is 0. The van der Waals surface area contributed by atoms with Crippen molar-refractivity contribution in [3.63, 3.8) is 0 Å². The summed E-state index contributed by atoms with van der Waals surface area (Å²) < 4.78 is 1.01. The lowest BCUT2D eigenvalue weighted by Gasteiger charge is -2.06. The summed E-state index contributed by atoms with van der Waals surface area (Å²) in [5.41, 5.74) is 1.18. The second-order valence-electron chi connectivity index (χ2n) is 3.56. The molecule has 0 spiro atoms. The van der Waals surface area contributed by atoms with Crippen molar-refractivity contribution < 1.29 is 5.11 Å². The van der Waals surface area contributed by atoms with Crippen molar-refractivity contribution >= 4 is 28.4 Å². The van der Waals surface area contributed by atoms with E-state index in [1.807, 2.05) is 12.1 Å². The standard InChI is InChI=1S/C12H12IN3O/c13-11-7-14-8-16-12(11)15-6-5-9-1-3-10(17)4-2-9/h1-4,7-8,17H,5-6H2,(H,14,15,16). The van der Waals surface area contributed by atoms with Crippen molar-refractivity contribution in [1.82, 2.24) is 9.97 Å². The average molecular weight is 341 g/mol. The van der Waals surface area contributed by atoms with Crippen LogP contribution >= 0.6 is 22.6 Å². The largest absolute Gasteiger partial charge is 0.508 e. The molecule has 0 radical (unpaired) electrons. The average Bonchev–Trinajstić information content (AvgIpc) is 2.34. The third kappa shape index (κ3) is 3.55. The lowest BCUT2D eigenvalue weighted by molar-refractivity contribution is 0.475. The zero-order valence-corrected chi connectivity index (χ0v) is 11.3. The molecule has 0 aliphatic heterocycles. The van der Waals surface area contributed by atoms with E-state index in [9.17, 15) is 0 Å². The molecule has 0 saturated heterocycles. The molecule has 0 amide bonds. The number of halogens is 1. The maximum Gasteiger partial charge on any atom is 0.142 e. The molecule has 0 unspecified atom stereocenters. The van der Waals surface area contributed by atoms with Gasteiger partial charge in [-0.25, -0.2) is 9.97 Å². The van der Waals surface area contributed by atoms with Gasteiger partial charge in [-0.1, -0.05) is 12.1 Å². The van der Waals surface area contributed by atoms with Crippen LogP contribution in [0.5, 0.6) is 5.75 Å². The van der Waals surface area contributed by atoms with Crippen molar-refractivity contribution in [2.75, 3.05) is 11.9 Å². The van der Waals surface area contributed by atoms with Crippen LogP contribution in [0.15, 0.2) is 36.8 Å². The molecule has 2 rings (SSSR count). The van der Waals surface area contributed by atoms with Crippen LogP contribution in [0.25, 0.3) is 0 Å². The first kappa shape index (κ1) is 12.1. The fourth-order valence-electron chi connectivity index (χ4n) is 1.43. The van der Waals surface area contributed by atoms with Crippen LogP contribution in [0.2, 0.25) is 0 Å². The molecule has 17 heavy (non-hydrogen) atoms. The van der Waals surface area contributed by atoms with Gasteiger partial charge in [-0.15, -0.1) is 0 Å². The molecule has 0 saturated carbocycles. The second-order valence-corrected chi connectivity index (χ2v) is 4.72. The first-order valence-corrected chi connectivity index (χ1v) is 6.31. The Kier molecular flexibility index (Phi) is 4.13. The number of nitrogens with zero attached hydrogens (tertiary/aromatic N) is 2. The van der Waals surface area contributed by atoms with Gasteiger partial charge in [0.1, 0.15) is 17.9 Å². The Morgan fingerprint density at radius 3 is 2.71 bits per heavy atom. The Balaban J connectivity index is 1.88. The maximum absolute atomic E-state index is 9.16. The summed E-state index contributed by atoms with van der Waals surface area (Å²) in [5.74, 6) is 1.16. The smallest absolute Gasteiger partial charge is 0.142 e. The summed E-state index contributed by atoms with van der Waals surface area (Å²) in [6.45, 7) is 0.803. The van der Waals surface area contributed by atoms with E-state index in [0.29, 0.717) is 5.75 Å². The van der Waals surface area contributed by atoms with E-state index in [1.54, 1.807) is 18.3 Å². The minimum Gasteiger partial charge on any atom is -0.508 e. The van der Waals surface area contributed by atoms with Crippen molar-refractivity contribution in [1.29, 1.82) is 0 Å². The van der Waals surface area contributed by atoms with E-state index in [2.05, 4.69) is 37.9 Å². The highest BCUT2D eigenvalue weighted by Gasteiger charge is 1.99. The predicted octanol–water partition coefficient (Wildman–Crippen LogP) is 2.44. The van der Waals surface area contributed by atoms with E-state index in [-0.39, 0.29) is 0 Å². The number of nitrogens with one attached hydrogen (secondary N) is 1. The summed E-state index contributed by atoms with van der Waals surface area (Å²) in [4.78, 5) is 8.09. The van der Waals surface area contributed by atoms with Gasteiger partial charge < -0.3 is 10.4 Å². The van der Waals surface area contributed by atoms with Crippen molar-refractivity contribution in [2.24, 2.45) is 0 Å². The molecule has 5 heteroatoms. The van der Waals surface area contributed by atoms with Crippen molar-refractivity contribution in [3.8, 4) is 5.75 Å². The van der Waals surface area contributed by atoms with Gasteiger partial charge >= 0.3 is 0 Å². The molecular formula is C12H12IN3O. The summed E-state index contributed by atoms with van der Waals surface area (Å²) >= 11 is 2.20. The van der Waals surface area contributed by atoms with E-state index in [4.69, 9.17) is 5.11 Å². The zero-order valence-electron chi connectivity index (χ0n) is 9.10. The number of aromatic nitrogens is 2. The molecule has 88 valence electrons. The van der Waals surface area contributed by atoms with Gasteiger partial charge in [0, 0.05) is 12.7 Å². The van der Waals surface area contributed by atoms with E-state index in [0.717, 1.165) is 22.4 Å². The number of phenols is 1. The third-order valence-electron chi connectivity index (χ3n) is 2.31. The molecule has 1 aromatic carbocycles. The Morgan fingerprint density at radius 1 is 1.24 bits per heavy atom. The molecule has 0 fully saturated rings. The molecule has 0 aliphatic carbocycles. The highest BCUT2D eigenvalue weighted by Crippen LogP contribution is 2.13. The van der Waals surface area contributed by atoms with Gasteiger partial charge in [-0.05, 0) is 46.7 Å². The van der Waals surface area contributed by atoms with E-state index >= 15 is 0 Å². The molecule has 4 nitrogen and oxygen atoms in total.